The third kappa shape index (κ3) is 1.93. The van der Waals surface area contributed by atoms with Gasteiger partial charge in [-0.15, -0.1) is 0 Å². The van der Waals surface area contributed by atoms with Crippen LogP contribution in [0.3, 0.4) is 0 Å². The maximum Gasteiger partial charge on any atom is 0.226 e. The minimum absolute atomic E-state index is 0.0329. The van der Waals surface area contributed by atoms with Crippen LogP contribution >= 0.6 is 15.9 Å². The van der Waals surface area contributed by atoms with Gasteiger partial charge in [-0.1, -0.05) is 15.9 Å². The van der Waals surface area contributed by atoms with Crippen molar-refractivity contribution in [2.75, 3.05) is 5.32 Å². The van der Waals surface area contributed by atoms with Gasteiger partial charge in [0.1, 0.15) is 0 Å². The molecule has 0 spiro atoms. The number of nitrogens with one attached hydrogen (secondary N) is 1. The topological polar surface area (TPSA) is 72.2 Å². The van der Waals surface area contributed by atoms with Gasteiger partial charge in [0.25, 0.3) is 0 Å². The molecule has 5 heteroatoms. The largest absolute Gasteiger partial charge is 0.325 e. The molecule has 1 unspecified atom stereocenters. The number of hydrogen-bond acceptors (Lipinski definition) is 3. The number of amides is 1. The summed E-state index contributed by atoms with van der Waals surface area (Å²) in [5.74, 6) is -0.427. The second-order valence-electron chi connectivity index (χ2n) is 3.41. The molecule has 0 bridgehead atoms. The van der Waals surface area contributed by atoms with E-state index < -0.39 is 6.04 Å². The third-order valence-corrected chi connectivity index (χ3v) is 2.76. The Labute approximate surface area is 95.0 Å². The molecule has 0 aliphatic carbocycles. The molecular weight excluding hydrogens is 260 g/mol. The fraction of sp³-hybridized carbons (Fsp3) is 0.200. The molecule has 1 atom stereocenters. The summed E-state index contributed by atoms with van der Waals surface area (Å²) in [6.07, 6.45) is 0.0329. The van der Waals surface area contributed by atoms with E-state index in [2.05, 4.69) is 21.2 Å². The Balaban J connectivity index is 2.54. The SMILES string of the molecule is NC1CC(=O)Nc2cc(Br)ccc2C1=O. The zero-order valence-electron chi connectivity index (χ0n) is 7.79. The second kappa shape index (κ2) is 3.75. The first-order valence-electron chi connectivity index (χ1n) is 4.47. The van der Waals surface area contributed by atoms with E-state index >= 15 is 0 Å². The summed E-state index contributed by atoms with van der Waals surface area (Å²) in [5, 5.41) is 2.65. The van der Waals surface area contributed by atoms with Crippen LogP contribution in [0.4, 0.5) is 5.69 Å². The van der Waals surface area contributed by atoms with Crippen molar-refractivity contribution in [2.24, 2.45) is 5.73 Å². The second-order valence-corrected chi connectivity index (χ2v) is 4.33. The van der Waals surface area contributed by atoms with Crippen LogP contribution in [0, 0.1) is 0 Å². The van der Waals surface area contributed by atoms with Gasteiger partial charge in [-0.25, -0.2) is 0 Å². The summed E-state index contributed by atoms with van der Waals surface area (Å²) in [4.78, 5) is 23.1. The number of nitrogens with two attached hydrogens (primary N) is 1. The fourth-order valence-electron chi connectivity index (χ4n) is 1.53. The number of carbonyl (C=O) groups is 2. The number of ketones is 1. The Morgan fingerprint density at radius 1 is 1.40 bits per heavy atom. The lowest BCUT2D eigenvalue weighted by Gasteiger charge is -2.06. The maximum atomic E-state index is 11.8. The van der Waals surface area contributed by atoms with E-state index in [9.17, 15) is 9.59 Å². The molecule has 1 aliphatic rings. The number of anilines is 1. The van der Waals surface area contributed by atoms with Gasteiger partial charge in [0, 0.05) is 16.5 Å². The van der Waals surface area contributed by atoms with E-state index in [-0.39, 0.29) is 18.1 Å². The van der Waals surface area contributed by atoms with Crippen LogP contribution in [0.5, 0.6) is 0 Å². The first-order chi connectivity index (χ1) is 7.08. The first-order valence-corrected chi connectivity index (χ1v) is 5.26. The van der Waals surface area contributed by atoms with Gasteiger partial charge in [0.05, 0.1) is 11.7 Å². The van der Waals surface area contributed by atoms with E-state index in [4.69, 9.17) is 5.73 Å². The van der Waals surface area contributed by atoms with Gasteiger partial charge < -0.3 is 11.1 Å². The number of fused-ring (bicyclic) bond motifs is 1. The molecule has 0 saturated heterocycles. The molecule has 1 aromatic rings. The zero-order chi connectivity index (χ0) is 11.0. The highest BCUT2D eigenvalue weighted by molar-refractivity contribution is 9.10. The van der Waals surface area contributed by atoms with Gasteiger partial charge in [0.2, 0.25) is 5.91 Å². The van der Waals surface area contributed by atoms with Crippen molar-refractivity contribution in [2.45, 2.75) is 12.5 Å². The van der Waals surface area contributed by atoms with Crippen molar-refractivity contribution in [1.29, 1.82) is 0 Å². The van der Waals surface area contributed by atoms with E-state index in [0.29, 0.717) is 11.3 Å². The monoisotopic (exact) mass is 268 g/mol. The molecule has 1 aliphatic heterocycles. The zero-order valence-corrected chi connectivity index (χ0v) is 9.37. The quantitative estimate of drug-likeness (QED) is 0.745. The van der Waals surface area contributed by atoms with Crippen molar-refractivity contribution in [3.05, 3.63) is 28.2 Å². The molecule has 0 radical (unpaired) electrons. The normalized spacial score (nSPS) is 20.5. The summed E-state index contributed by atoms with van der Waals surface area (Å²) in [5.41, 5.74) is 6.59. The number of benzene rings is 1. The maximum absolute atomic E-state index is 11.8. The van der Waals surface area contributed by atoms with Gasteiger partial charge in [0.15, 0.2) is 5.78 Å². The van der Waals surface area contributed by atoms with Crippen LogP contribution in [0.15, 0.2) is 22.7 Å². The number of halogens is 1. The molecule has 0 saturated carbocycles. The molecule has 15 heavy (non-hydrogen) atoms. The highest BCUT2D eigenvalue weighted by atomic mass is 79.9. The average Bonchev–Trinajstić information content (AvgIpc) is 2.25. The minimum atomic E-state index is -0.743. The summed E-state index contributed by atoms with van der Waals surface area (Å²) in [6, 6.07) is 4.37. The number of rotatable bonds is 0. The van der Waals surface area contributed by atoms with Crippen LogP contribution in [0.1, 0.15) is 16.8 Å². The number of Topliss-reactive ketones (excluding diaryl/α,β-unsaturated/α-hetero) is 1. The van der Waals surface area contributed by atoms with E-state index in [1.165, 1.54) is 0 Å². The fourth-order valence-corrected chi connectivity index (χ4v) is 1.89. The Kier molecular flexibility index (Phi) is 2.58. The smallest absolute Gasteiger partial charge is 0.226 e. The highest BCUT2D eigenvalue weighted by Crippen LogP contribution is 2.25. The predicted molar refractivity (Wildman–Crippen MR) is 59.7 cm³/mol. The van der Waals surface area contributed by atoms with Crippen LogP contribution in [0.2, 0.25) is 0 Å². The Morgan fingerprint density at radius 2 is 2.13 bits per heavy atom. The first kappa shape index (κ1) is 10.3. The van der Waals surface area contributed by atoms with Crippen molar-refractivity contribution >= 4 is 33.3 Å². The summed E-state index contributed by atoms with van der Waals surface area (Å²) < 4.78 is 0.810. The van der Waals surface area contributed by atoms with Crippen molar-refractivity contribution in [1.82, 2.24) is 0 Å². The van der Waals surface area contributed by atoms with Gasteiger partial charge >= 0.3 is 0 Å². The molecular formula is C10H9BrN2O2. The molecule has 1 heterocycles. The molecule has 78 valence electrons. The van der Waals surface area contributed by atoms with Crippen molar-refractivity contribution < 1.29 is 9.59 Å². The van der Waals surface area contributed by atoms with Crippen LogP contribution in [-0.2, 0) is 4.79 Å². The van der Waals surface area contributed by atoms with Gasteiger partial charge in [-0.05, 0) is 18.2 Å². The molecule has 1 amide bonds. The standard InChI is InChI=1S/C10H9BrN2O2/c11-5-1-2-6-8(3-5)13-9(14)4-7(12)10(6)15/h1-3,7H,4,12H2,(H,13,14). The van der Waals surface area contributed by atoms with Gasteiger partial charge in [-0.2, -0.15) is 0 Å². The van der Waals surface area contributed by atoms with Crippen LogP contribution in [0.25, 0.3) is 0 Å². The van der Waals surface area contributed by atoms with Crippen LogP contribution < -0.4 is 11.1 Å². The number of hydrogen-bond donors (Lipinski definition) is 2. The molecule has 1 aromatic carbocycles. The van der Waals surface area contributed by atoms with Crippen LogP contribution in [-0.4, -0.2) is 17.7 Å². The summed E-state index contributed by atoms with van der Waals surface area (Å²) >= 11 is 3.28. The van der Waals surface area contributed by atoms with E-state index in [1.54, 1.807) is 18.2 Å². The molecule has 4 nitrogen and oxygen atoms in total. The summed E-state index contributed by atoms with van der Waals surface area (Å²) in [7, 11) is 0. The minimum Gasteiger partial charge on any atom is -0.325 e. The molecule has 0 aromatic heterocycles. The van der Waals surface area contributed by atoms with E-state index in [0.717, 1.165) is 4.47 Å². The molecule has 0 fully saturated rings. The third-order valence-electron chi connectivity index (χ3n) is 2.26. The molecule has 2 rings (SSSR count). The Morgan fingerprint density at radius 3 is 2.87 bits per heavy atom. The van der Waals surface area contributed by atoms with E-state index in [1.807, 2.05) is 0 Å². The number of carbonyl (C=O) groups excluding carboxylic acids is 2. The summed E-state index contributed by atoms with van der Waals surface area (Å²) in [6.45, 7) is 0. The lowest BCUT2D eigenvalue weighted by atomic mass is 10.0. The average molecular weight is 269 g/mol. The lowest BCUT2D eigenvalue weighted by Crippen LogP contribution is -2.31. The molecule has 3 N–H and O–H groups in total. The van der Waals surface area contributed by atoms with Gasteiger partial charge in [-0.3, -0.25) is 9.59 Å². The van der Waals surface area contributed by atoms with Crippen molar-refractivity contribution in [3.8, 4) is 0 Å². The Hall–Kier alpha value is -1.20. The lowest BCUT2D eigenvalue weighted by molar-refractivity contribution is -0.116. The highest BCUT2D eigenvalue weighted by Gasteiger charge is 2.26. The Bertz CT molecular complexity index is 445. The predicted octanol–water partition coefficient (Wildman–Crippen LogP) is 1.30. The van der Waals surface area contributed by atoms with Crippen molar-refractivity contribution in [3.63, 3.8) is 0 Å².